The first kappa shape index (κ1) is 23.4. The first-order valence-corrected chi connectivity index (χ1v) is 12.1. The summed E-state index contributed by atoms with van der Waals surface area (Å²) in [6, 6.07) is 25.0. The molecule has 0 aliphatic rings. The van der Waals surface area contributed by atoms with Crippen molar-refractivity contribution in [3.05, 3.63) is 90.5 Å². The first-order chi connectivity index (χ1) is 15.4. The highest BCUT2D eigenvalue weighted by Crippen LogP contribution is 2.24. The summed E-state index contributed by atoms with van der Waals surface area (Å²) in [5.41, 5.74) is 2.27. The molecule has 0 unspecified atom stereocenters. The number of amides is 1. The van der Waals surface area contributed by atoms with Crippen molar-refractivity contribution >= 4 is 44.6 Å². The Kier molecular flexibility index (Phi) is 7.97. The Labute approximate surface area is 194 Å². The summed E-state index contributed by atoms with van der Waals surface area (Å²) in [7, 11) is -3.70. The van der Waals surface area contributed by atoms with Gasteiger partial charge in [-0.15, -0.1) is 0 Å². The average Bonchev–Trinajstić information content (AvgIpc) is 2.80. The maximum atomic E-state index is 13.1. The number of anilines is 2. The van der Waals surface area contributed by atoms with Gasteiger partial charge in [-0.05, 0) is 67.5 Å². The van der Waals surface area contributed by atoms with E-state index in [1.165, 1.54) is 16.4 Å². The van der Waals surface area contributed by atoms with Gasteiger partial charge in [-0.2, -0.15) is 0 Å². The summed E-state index contributed by atoms with van der Waals surface area (Å²) in [6.07, 6.45) is 0.937. The molecule has 3 aromatic rings. The van der Waals surface area contributed by atoms with Gasteiger partial charge in [-0.1, -0.05) is 48.5 Å². The van der Waals surface area contributed by atoms with E-state index in [1.807, 2.05) is 36.4 Å². The van der Waals surface area contributed by atoms with E-state index in [-0.39, 0.29) is 15.9 Å². The number of sulfonamides is 1. The Morgan fingerprint density at radius 1 is 0.906 bits per heavy atom. The van der Waals surface area contributed by atoms with Crippen LogP contribution >= 0.6 is 12.2 Å². The molecule has 2 N–H and O–H groups in total. The number of nitrogens with zero attached hydrogens (tertiary/aromatic N) is 1. The normalized spacial score (nSPS) is 10.9. The van der Waals surface area contributed by atoms with E-state index in [2.05, 4.69) is 10.6 Å². The molecule has 0 radical (unpaired) electrons. The maximum Gasteiger partial charge on any atom is 0.264 e. The van der Waals surface area contributed by atoms with E-state index in [9.17, 15) is 13.2 Å². The number of carbonyl (C=O) groups excluding carboxylic acids is 1. The lowest BCUT2D eigenvalue weighted by molar-refractivity contribution is -0.119. The zero-order valence-electron chi connectivity index (χ0n) is 17.7. The summed E-state index contributed by atoms with van der Waals surface area (Å²) in [4.78, 5) is 12.3. The number of hydrogen-bond acceptors (Lipinski definition) is 4. The van der Waals surface area contributed by atoms with Crippen LogP contribution in [0, 0.1) is 0 Å². The molecular formula is C24H25N3O3S2. The SMILES string of the molecule is CCN(c1ccccc1)S(=O)(=O)c1ccc(NC(=S)NC(=O)CCc2ccccc2)cc1. The fourth-order valence-electron chi connectivity index (χ4n) is 3.18. The molecule has 32 heavy (non-hydrogen) atoms. The van der Waals surface area contributed by atoms with Gasteiger partial charge in [0.2, 0.25) is 5.91 Å². The summed E-state index contributed by atoms with van der Waals surface area (Å²) < 4.78 is 27.5. The number of para-hydroxylation sites is 1. The molecule has 0 heterocycles. The molecule has 0 aromatic heterocycles. The summed E-state index contributed by atoms with van der Waals surface area (Å²) in [5.74, 6) is -0.188. The molecule has 3 aromatic carbocycles. The van der Waals surface area contributed by atoms with Crippen molar-refractivity contribution in [2.45, 2.75) is 24.7 Å². The molecular weight excluding hydrogens is 442 g/mol. The molecule has 0 aliphatic heterocycles. The van der Waals surface area contributed by atoms with Gasteiger partial charge in [0.15, 0.2) is 5.11 Å². The number of aryl methyl sites for hydroxylation is 1. The molecule has 3 rings (SSSR count). The van der Waals surface area contributed by atoms with Crippen LogP contribution in [0.25, 0.3) is 0 Å². The van der Waals surface area contributed by atoms with Crippen molar-refractivity contribution in [1.29, 1.82) is 0 Å². The number of carbonyl (C=O) groups is 1. The van der Waals surface area contributed by atoms with Gasteiger partial charge in [0.05, 0.1) is 10.6 Å². The number of hydrogen-bond donors (Lipinski definition) is 2. The minimum absolute atomic E-state index is 0.165. The molecule has 6 nitrogen and oxygen atoms in total. The van der Waals surface area contributed by atoms with Crippen LogP contribution in [0.3, 0.4) is 0 Å². The van der Waals surface area contributed by atoms with E-state index in [0.717, 1.165) is 5.56 Å². The van der Waals surface area contributed by atoms with Crippen LogP contribution in [-0.4, -0.2) is 26.0 Å². The zero-order valence-corrected chi connectivity index (χ0v) is 19.3. The Hall–Kier alpha value is -3.23. The molecule has 8 heteroatoms. The molecule has 166 valence electrons. The molecule has 0 saturated carbocycles. The van der Waals surface area contributed by atoms with Crippen LogP contribution in [-0.2, 0) is 21.2 Å². The Bertz CT molecular complexity index is 1150. The fourth-order valence-corrected chi connectivity index (χ4v) is 4.88. The van der Waals surface area contributed by atoms with Crippen molar-refractivity contribution in [1.82, 2.24) is 5.32 Å². The van der Waals surface area contributed by atoms with Crippen LogP contribution in [0.5, 0.6) is 0 Å². The Morgan fingerprint density at radius 3 is 2.09 bits per heavy atom. The summed E-state index contributed by atoms with van der Waals surface area (Å²) >= 11 is 5.20. The molecule has 1 amide bonds. The molecule has 0 spiro atoms. The third kappa shape index (κ3) is 6.15. The van der Waals surface area contributed by atoms with Crippen LogP contribution in [0.1, 0.15) is 18.9 Å². The molecule has 0 aliphatic carbocycles. The van der Waals surface area contributed by atoms with E-state index in [0.29, 0.717) is 30.8 Å². The van der Waals surface area contributed by atoms with Gasteiger partial charge in [-0.25, -0.2) is 8.42 Å². The third-order valence-electron chi connectivity index (χ3n) is 4.77. The highest BCUT2D eigenvalue weighted by atomic mass is 32.2. The average molecular weight is 468 g/mol. The van der Waals surface area contributed by atoms with Gasteiger partial charge in [-0.3, -0.25) is 9.10 Å². The van der Waals surface area contributed by atoms with Crippen LogP contribution in [0.15, 0.2) is 89.8 Å². The number of nitrogens with one attached hydrogen (secondary N) is 2. The zero-order chi connectivity index (χ0) is 23.0. The summed E-state index contributed by atoms with van der Waals surface area (Å²) in [6.45, 7) is 2.10. The second-order valence-corrected chi connectivity index (χ2v) is 9.29. The summed E-state index contributed by atoms with van der Waals surface area (Å²) in [5, 5.41) is 5.73. The van der Waals surface area contributed by atoms with Gasteiger partial charge in [0.1, 0.15) is 0 Å². The lowest BCUT2D eigenvalue weighted by atomic mass is 10.1. The molecule has 0 saturated heterocycles. The van der Waals surface area contributed by atoms with Crippen molar-refractivity contribution in [2.75, 3.05) is 16.2 Å². The van der Waals surface area contributed by atoms with E-state index >= 15 is 0 Å². The molecule has 0 bridgehead atoms. The van der Waals surface area contributed by atoms with Crippen molar-refractivity contribution < 1.29 is 13.2 Å². The van der Waals surface area contributed by atoms with E-state index in [1.54, 1.807) is 43.3 Å². The van der Waals surface area contributed by atoms with Crippen molar-refractivity contribution in [3.63, 3.8) is 0 Å². The highest BCUT2D eigenvalue weighted by Gasteiger charge is 2.23. The number of thiocarbonyl (C=S) groups is 1. The minimum Gasteiger partial charge on any atom is -0.332 e. The van der Waals surface area contributed by atoms with Gasteiger partial charge < -0.3 is 10.6 Å². The second kappa shape index (κ2) is 10.9. The highest BCUT2D eigenvalue weighted by molar-refractivity contribution is 7.92. The number of benzene rings is 3. The smallest absolute Gasteiger partial charge is 0.264 e. The maximum absolute atomic E-state index is 13.1. The van der Waals surface area contributed by atoms with E-state index < -0.39 is 10.0 Å². The largest absolute Gasteiger partial charge is 0.332 e. The van der Waals surface area contributed by atoms with E-state index in [4.69, 9.17) is 12.2 Å². The third-order valence-corrected chi connectivity index (χ3v) is 6.89. The quantitative estimate of drug-likeness (QED) is 0.482. The van der Waals surface area contributed by atoms with Crippen LogP contribution < -0.4 is 14.9 Å². The second-order valence-electron chi connectivity index (χ2n) is 7.02. The van der Waals surface area contributed by atoms with Crippen molar-refractivity contribution in [3.8, 4) is 0 Å². The Balaban J connectivity index is 1.59. The standard InChI is InChI=1S/C24H25N3O3S2/c1-2-27(21-11-7-4-8-12-21)32(29,30)22-16-14-20(15-17-22)25-24(31)26-23(28)18-13-19-9-5-3-6-10-19/h3-12,14-17H,2,13,18H2,1H3,(H2,25,26,28,31). The van der Waals surface area contributed by atoms with Gasteiger partial charge >= 0.3 is 0 Å². The first-order valence-electron chi connectivity index (χ1n) is 10.2. The molecule has 0 atom stereocenters. The predicted molar refractivity (Wildman–Crippen MR) is 132 cm³/mol. The van der Waals surface area contributed by atoms with Crippen molar-refractivity contribution in [2.24, 2.45) is 0 Å². The van der Waals surface area contributed by atoms with Crippen LogP contribution in [0.4, 0.5) is 11.4 Å². The monoisotopic (exact) mass is 467 g/mol. The van der Waals surface area contributed by atoms with Gasteiger partial charge in [0, 0.05) is 18.7 Å². The molecule has 0 fully saturated rings. The predicted octanol–water partition coefficient (Wildman–Crippen LogP) is 4.35. The van der Waals surface area contributed by atoms with Gasteiger partial charge in [0.25, 0.3) is 10.0 Å². The fraction of sp³-hybridized carbons (Fsp3) is 0.167. The lowest BCUT2D eigenvalue weighted by Crippen LogP contribution is -2.34. The minimum atomic E-state index is -3.70. The topological polar surface area (TPSA) is 78.5 Å². The van der Waals surface area contributed by atoms with Crippen LogP contribution in [0.2, 0.25) is 0 Å². The Morgan fingerprint density at radius 2 is 1.50 bits per heavy atom. The number of rotatable bonds is 8. The lowest BCUT2D eigenvalue weighted by Gasteiger charge is -2.23.